The predicted molar refractivity (Wildman–Crippen MR) is 118 cm³/mol. The van der Waals surface area contributed by atoms with E-state index in [1.807, 2.05) is 0 Å². The number of hydrogen-bond acceptors (Lipinski definition) is 4. The number of carbonyl (C=O) groups excluding carboxylic acids is 1. The molecule has 2 aromatic heterocycles. The van der Waals surface area contributed by atoms with Gasteiger partial charge in [-0.2, -0.15) is 10.2 Å². The number of halogens is 5. The fraction of sp³-hybridized carbons (Fsp3) is 0.0952. The van der Waals surface area contributed by atoms with Crippen LogP contribution in [0.4, 0.5) is 19.0 Å². The molecule has 170 valence electrons. The van der Waals surface area contributed by atoms with Crippen molar-refractivity contribution in [2.75, 3.05) is 5.32 Å². The van der Waals surface area contributed by atoms with Gasteiger partial charge in [-0.05, 0) is 46.3 Å². The molecule has 0 spiro atoms. The molecule has 0 saturated carbocycles. The first kappa shape index (κ1) is 22.9. The van der Waals surface area contributed by atoms with Crippen LogP contribution in [-0.2, 0) is 13.3 Å². The van der Waals surface area contributed by atoms with Crippen LogP contribution >= 0.6 is 27.5 Å². The molecule has 33 heavy (non-hydrogen) atoms. The third kappa shape index (κ3) is 5.37. The summed E-state index contributed by atoms with van der Waals surface area (Å²) in [6.07, 6.45) is 3.03. The number of aromatic nitrogens is 4. The Morgan fingerprint density at radius 3 is 2.67 bits per heavy atom. The second-order valence-corrected chi connectivity index (χ2v) is 8.03. The normalized spacial score (nSPS) is 10.9. The van der Waals surface area contributed by atoms with E-state index >= 15 is 0 Å². The van der Waals surface area contributed by atoms with Crippen LogP contribution in [0, 0.1) is 17.5 Å². The van der Waals surface area contributed by atoms with E-state index in [0.29, 0.717) is 10.5 Å². The SMILES string of the molecule is O=C(Nc1nn(Cc2c(F)cccc2Cl)cc1Br)c1ccn(COc2ccc(F)cc2F)n1. The van der Waals surface area contributed by atoms with E-state index in [2.05, 4.69) is 31.4 Å². The molecule has 0 bridgehead atoms. The van der Waals surface area contributed by atoms with Crippen molar-refractivity contribution < 1.29 is 22.7 Å². The van der Waals surface area contributed by atoms with Crippen LogP contribution in [0.25, 0.3) is 0 Å². The smallest absolute Gasteiger partial charge is 0.277 e. The number of nitrogens with one attached hydrogen (secondary N) is 1. The summed E-state index contributed by atoms with van der Waals surface area (Å²) >= 11 is 9.36. The van der Waals surface area contributed by atoms with Crippen molar-refractivity contribution in [1.82, 2.24) is 19.6 Å². The van der Waals surface area contributed by atoms with Gasteiger partial charge in [0.15, 0.2) is 29.8 Å². The minimum atomic E-state index is -0.850. The van der Waals surface area contributed by atoms with E-state index in [1.54, 1.807) is 12.3 Å². The van der Waals surface area contributed by atoms with Crippen LogP contribution in [0.3, 0.4) is 0 Å². The Hall–Kier alpha value is -3.31. The number of anilines is 1. The fourth-order valence-corrected chi connectivity index (χ4v) is 3.50. The summed E-state index contributed by atoms with van der Waals surface area (Å²) in [5, 5.41) is 11.2. The van der Waals surface area contributed by atoms with E-state index in [4.69, 9.17) is 16.3 Å². The van der Waals surface area contributed by atoms with Crippen molar-refractivity contribution in [3.63, 3.8) is 0 Å². The monoisotopic (exact) mass is 539 g/mol. The lowest BCUT2D eigenvalue weighted by Crippen LogP contribution is -2.15. The molecule has 7 nitrogen and oxygen atoms in total. The molecule has 0 atom stereocenters. The summed E-state index contributed by atoms with van der Waals surface area (Å²) in [5.41, 5.74) is 0.320. The van der Waals surface area contributed by atoms with Gasteiger partial charge in [-0.25, -0.2) is 17.9 Å². The van der Waals surface area contributed by atoms with Gasteiger partial charge in [-0.1, -0.05) is 17.7 Å². The van der Waals surface area contributed by atoms with Gasteiger partial charge >= 0.3 is 0 Å². The van der Waals surface area contributed by atoms with Gasteiger partial charge in [-0.15, -0.1) is 0 Å². The lowest BCUT2D eigenvalue weighted by Gasteiger charge is -2.07. The van der Waals surface area contributed by atoms with Crippen molar-refractivity contribution in [2.24, 2.45) is 0 Å². The van der Waals surface area contributed by atoms with E-state index < -0.39 is 23.4 Å². The molecule has 4 aromatic rings. The van der Waals surface area contributed by atoms with Crippen LogP contribution < -0.4 is 10.1 Å². The molecule has 0 fully saturated rings. The summed E-state index contributed by atoms with van der Waals surface area (Å²) in [4.78, 5) is 12.5. The van der Waals surface area contributed by atoms with Crippen LogP contribution in [0.1, 0.15) is 16.1 Å². The summed E-state index contributed by atoms with van der Waals surface area (Å²) < 4.78 is 49.1. The largest absolute Gasteiger partial charge is 0.468 e. The molecule has 12 heteroatoms. The number of amides is 1. The summed E-state index contributed by atoms with van der Waals surface area (Å²) in [7, 11) is 0. The molecule has 4 rings (SSSR count). The number of carbonyl (C=O) groups is 1. The number of ether oxygens (including phenoxy) is 1. The minimum absolute atomic E-state index is 0.0526. The molecule has 2 heterocycles. The van der Waals surface area contributed by atoms with Crippen molar-refractivity contribution in [3.8, 4) is 5.75 Å². The highest BCUT2D eigenvalue weighted by atomic mass is 79.9. The predicted octanol–water partition coefficient (Wildman–Crippen LogP) is 5.25. The van der Waals surface area contributed by atoms with Gasteiger partial charge in [0.1, 0.15) is 11.6 Å². The highest BCUT2D eigenvalue weighted by Gasteiger charge is 2.16. The number of hydrogen-bond donors (Lipinski definition) is 1. The topological polar surface area (TPSA) is 74.0 Å². The van der Waals surface area contributed by atoms with E-state index in [9.17, 15) is 18.0 Å². The molecule has 0 aliphatic heterocycles. The van der Waals surface area contributed by atoms with E-state index in [-0.39, 0.29) is 41.1 Å². The third-order valence-corrected chi connectivity index (χ3v) is 5.38. The highest BCUT2D eigenvalue weighted by molar-refractivity contribution is 9.10. The van der Waals surface area contributed by atoms with Gasteiger partial charge in [0, 0.05) is 29.0 Å². The van der Waals surface area contributed by atoms with Crippen LogP contribution in [0.15, 0.2) is 59.3 Å². The standard InChI is InChI=1S/C21H14BrClF3N5O2/c22-14-10-31(9-13-15(23)2-1-3-16(13)25)29-20(14)27-21(32)18-6-7-30(28-18)11-33-19-5-4-12(24)8-17(19)26/h1-8,10H,9,11H2,(H,27,29,32). The summed E-state index contributed by atoms with van der Waals surface area (Å²) in [6, 6.07) is 8.74. The van der Waals surface area contributed by atoms with Crippen molar-refractivity contribution >= 4 is 39.3 Å². The molecule has 1 N–H and O–H groups in total. The average Bonchev–Trinajstić information content (AvgIpc) is 3.37. The zero-order valence-corrected chi connectivity index (χ0v) is 18.9. The second-order valence-electron chi connectivity index (χ2n) is 6.77. The van der Waals surface area contributed by atoms with Crippen LogP contribution in [0.2, 0.25) is 5.02 Å². The van der Waals surface area contributed by atoms with E-state index in [0.717, 1.165) is 12.1 Å². The van der Waals surface area contributed by atoms with Gasteiger partial charge < -0.3 is 10.1 Å². The minimum Gasteiger partial charge on any atom is -0.468 e. The Morgan fingerprint density at radius 1 is 1.09 bits per heavy atom. The third-order valence-electron chi connectivity index (χ3n) is 4.45. The molecule has 1 amide bonds. The zero-order chi connectivity index (χ0) is 23.5. The molecule has 0 aliphatic carbocycles. The van der Waals surface area contributed by atoms with Crippen molar-refractivity contribution in [1.29, 1.82) is 0 Å². The second kappa shape index (κ2) is 9.67. The highest BCUT2D eigenvalue weighted by Crippen LogP contribution is 2.24. The first-order valence-corrected chi connectivity index (χ1v) is 10.6. The first-order valence-electron chi connectivity index (χ1n) is 9.38. The van der Waals surface area contributed by atoms with Gasteiger partial charge in [0.05, 0.1) is 11.0 Å². The summed E-state index contributed by atoms with van der Waals surface area (Å²) in [5.74, 6) is -2.54. The van der Waals surface area contributed by atoms with Gasteiger partial charge in [-0.3, -0.25) is 9.48 Å². The Kier molecular flexibility index (Phi) is 6.70. The maximum atomic E-state index is 14.0. The summed E-state index contributed by atoms with van der Waals surface area (Å²) in [6.45, 7) is -0.135. The number of benzene rings is 2. The molecular formula is C21H14BrClF3N5O2. The molecular weight excluding hydrogens is 527 g/mol. The zero-order valence-electron chi connectivity index (χ0n) is 16.6. The van der Waals surface area contributed by atoms with Crippen molar-refractivity contribution in [3.05, 3.63) is 93.1 Å². The van der Waals surface area contributed by atoms with Gasteiger partial charge in [0.25, 0.3) is 5.91 Å². The lowest BCUT2D eigenvalue weighted by molar-refractivity contribution is 0.101. The molecule has 0 aliphatic rings. The Bertz CT molecular complexity index is 1310. The number of rotatable bonds is 7. The van der Waals surface area contributed by atoms with Crippen molar-refractivity contribution in [2.45, 2.75) is 13.3 Å². The van der Waals surface area contributed by atoms with E-state index in [1.165, 1.54) is 33.8 Å². The molecule has 2 aromatic carbocycles. The fourth-order valence-electron chi connectivity index (χ4n) is 2.86. The maximum absolute atomic E-state index is 14.0. The van der Waals surface area contributed by atoms with Crippen LogP contribution in [-0.4, -0.2) is 25.5 Å². The van der Waals surface area contributed by atoms with Crippen LogP contribution in [0.5, 0.6) is 5.75 Å². The Morgan fingerprint density at radius 2 is 1.91 bits per heavy atom. The molecule has 0 radical (unpaired) electrons. The van der Waals surface area contributed by atoms with Gasteiger partial charge in [0.2, 0.25) is 0 Å². The lowest BCUT2D eigenvalue weighted by atomic mass is 10.2. The Balaban J connectivity index is 1.40. The maximum Gasteiger partial charge on any atom is 0.277 e. The Labute approximate surface area is 198 Å². The molecule has 0 saturated heterocycles. The number of nitrogens with zero attached hydrogens (tertiary/aromatic N) is 4. The average molecular weight is 541 g/mol. The first-order chi connectivity index (χ1) is 15.8. The molecule has 0 unspecified atom stereocenters. The quantitative estimate of drug-likeness (QED) is 0.348.